The van der Waals surface area contributed by atoms with Gasteiger partial charge >= 0.3 is 12.1 Å². The van der Waals surface area contributed by atoms with Gasteiger partial charge in [0.2, 0.25) is 0 Å². The van der Waals surface area contributed by atoms with Crippen molar-refractivity contribution in [3.05, 3.63) is 12.2 Å². The number of methoxy groups -OCH3 is 1. The first-order valence-corrected chi connectivity index (χ1v) is 15.5. The average molecular weight is 582 g/mol. The largest absolute Gasteiger partial charge is 0.467 e. The van der Waals surface area contributed by atoms with Crippen LogP contribution in [0.1, 0.15) is 125 Å². The van der Waals surface area contributed by atoms with Gasteiger partial charge in [0.15, 0.2) is 17.1 Å². The predicted octanol–water partition coefficient (Wildman–Crippen LogP) is 6.86. The first kappa shape index (κ1) is 35.2. The number of carbonyl (C=O) groups excluding carboxylic acids is 3. The molecule has 236 valence electrons. The number of esters is 1. The summed E-state index contributed by atoms with van der Waals surface area (Å²) in [5.41, 5.74) is -3.30. The van der Waals surface area contributed by atoms with Crippen molar-refractivity contribution in [2.75, 3.05) is 26.9 Å². The predicted molar refractivity (Wildman–Crippen MR) is 157 cm³/mol. The highest BCUT2D eigenvalue weighted by Gasteiger charge is 2.60. The van der Waals surface area contributed by atoms with E-state index in [-0.39, 0.29) is 31.0 Å². The molecule has 0 spiro atoms. The standard InChI is InChI=1S/C32H55NO8/c1-8-9-10-16-20-32(38-23-24-39-32)21-17-14-12-11-13-15-18-26(34)19-22-31(27(35)37-7)25-40-30(5,6)33(31)28(36)41-29(2,3)4/h15,18H,8-14,16-17,19-25H2,1-7H3/b18-15+/t31-/m1/s1. The first-order valence-electron chi connectivity index (χ1n) is 15.5. The van der Waals surface area contributed by atoms with Crippen LogP contribution in [0.2, 0.25) is 0 Å². The molecule has 0 saturated carbocycles. The van der Waals surface area contributed by atoms with Crippen LogP contribution in [0, 0.1) is 0 Å². The number of unbranched alkanes of at least 4 members (excludes halogenated alkanes) is 7. The van der Waals surface area contributed by atoms with E-state index in [0.29, 0.717) is 13.2 Å². The topological polar surface area (TPSA) is 101 Å². The maximum Gasteiger partial charge on any atom is 0.413 e. The van der Waals surface area contributed by atoms with E-state index < -0.39 is 28.9 Å². The van der Waals surface area contributed by atoms with Crippen molar-refractivity contribution in [3.8, 4) is 0 Å². The smallest absolute Gasteiger partial charge is 0.413 e. The molecule has 9 nitrogen and oxygen atoms in total. The number of allylic oxidation sites excluding steroid dienone is 2. The summed E-state index contributed by atoms with van der Waals surface area (Å²) in [6, 6.07) is 0. The van der Waals surface area contributed by atoms with E-state index in [0.717, 1.165) is 51.4 Å². The van der Waals surface area contributed by atoms with E-state index in [1.807, 2.05) is 6.08 Å². The molecule has 2 rings (SSSR count). The van der Waals surface area contributed by atoms with Gasteiger partial charge < -0.3 is 23.7 Å². The second kappa shape index (κ2) is 16.0. The lowest BCUT2D eigenvalue weighted by atomic mass is 9.91. The molecule has 0 aromatic carbocycles. The molecule has 2 fully saturated rings. The Morgan fingerprint density at radius 2 is 1.49 bits per heavy atom. The molecule has 41 heavy (non-hydrogen) atoms. The lowest BCUT2D eigenvalue weighted by molar-refractivity contribution is -0.168. The first-order chi connectivity index (χ1) is 19.3. The van der Waals surface area contributed by atoms with E-state index in [9.17, 15) is 14.4 Å². The molecule has 2 aliphatic rings. The van der Waals surface area contributed by atoms with Gasteiger partial charge in [0, 0.05) is 19.3 Å². The summed E-state index contributed by atoms with van der Waals surface area (Å²) in [6.45, 7) is 12.2. The van der Waals surface area contributed by atoms with E-state index in [4.69, 9.17) is 23.7 Å². The molecule has 0 aromatic rings. The van der Waals surface area contributed by atoms with Crippen molar-refractivity contribution in [3.63, 3.8) is 0 Å². The summed E-state index contributed by atoms with van der Waals surface area (Å²) in [6.07, 6.45) is 14.8. The zero-order valence-electron chi connectivity index (χ0n) is 26.7. The van der Waals surface area contributed by atoms with Crippen LogP contribution in [0.25, 0.3) is 0 Å². The van der Waals surface area contributed by atoms with Crippen LogP contribution >= 0.6 is 0 Å². The van der Waals surface area contributed by atoms with Crippen molar-refractivity contribution < 1.29 is 38.1 Å². The molecule has 0 aromatic heterocycles. The quantitative estimate of drug-likeness (QED) is 0.104. The highest BCUT2D eigenvalue weighted by molar-refractivity contribution is 5.92. The van der Waals surface area contributed by atoms with Crippen molar-refractivity contribution >= 4 is 17.8 Å². The number of rotatable bonds is 17. The third kappa shape index (κ3) is 10.7. The van der Waals surface area contributed by atoms with E-state index >= 15 is 0 Å². The maximum absolute atomic E-state index is 13.1. The van der Waals surface area contributed by atoms with Crippen LogP contribution in [0.3, 0.4) is 0 Å². The summed E-state index contributed by atoms with van der Waals surface area (Å²) in [7, 11) is 1.27. The summed E-state index contributed by atoms with van der Waals surface area (Å²) in [4.78, 5) is 40.1. The van der Waals surface area contributed by atoms with Crippen LogP contribution in [0.4, 0.5) is 4.79 Å². The van der Waals surface area contributed by atoms with Crippen molar-refractivity contribution in [1.82, 2.24) is 4.90 Å². The SMILES string of the molecule is CCCCCCC1(CCCCCC/C=C/C(=O)CC[C@]2(C(=O)OC)COC(C)(C)N2C(=O)OC(C)(C)C)OCCO1. The van der Waals surface area contributed by atoms with Crippen molar-refractivity contribution in [1.29, 1.82) is 0 Å². The normalized spacial score (nSPS) is 21.9. The average Bonchev–Trinajstić information content (AvgIpc) is 3.47. The Bertz CT molecular complexity index is 871. The minimum absolute atomic E-state index is 0.0704. The monoisotopic (exact) mass is 581 g/mol. The van der Waals surface area contributed by atoms with Crippen LogP contribution in [0.15, 0.2) is 12.2 Å². The fraction of sp³-hybridized carbons (Fsp3) is 0.844. The number of ketones is 1. The lowest BCUT2D eigenvalue weighted by Crippen LogP contribution is -2.61. The van der Waals surface area contributed by atoms with Gasteiger partial charge in [-0.1, -0.05) is 45.1 Å². The Morgan fingerprint density at radius 1 is 0.878 bits per heavy atom. The molecule has 0 radical (unpaired) electrons. The van der Waals surface area contributed by atoms with Crippen LogP contribution in [0.5, 0.6) is 0 Å². The molecule has 0 aliphatic carbocycles. The van der Waals surface area contributed by atoms with Crippen LogP contribution < -0.4 is 0 Å². The zero-order valence-corrected chi connectivity index (χ0v) is 26.7. The Balaban J connectivity index is 1.80. The third-order valence-electron chi connectivity index (χ3n) is 7.76. The Kier molecular flexibility index (Phi) is 13.8. The Hall–Kier alpha value is -1.97. The van der Waals surface area contributed by atoms with Crippen LogP contribution in [-0.2, 0) is 33.3 Å². The number of carbonyl (C=O) groups is 3. The van der Waals surface area contributed by atoms with Crippen LogP contribution in [-0.4, -0.2) is 72.3 Å². The maximum atomic E-state index is 13.1. The molecule has 9 heteroatoms. The van der Waals surface area contributed by atoms with E-state index in [1.54, 1.807) is 40.7 Å². The Morgan fingerprint density at radius 3 is 2.07 bits per heavy atom. The molecular formula is C32H55NO8. The highest BCUT2D eigenvalue weighted by atomic mass is 16.7. The fourth-order valence-electron chi connectivity index (χ4n) is 5.64. The molecular weight excluding hydrogens is 526 g/mol. The number of amides is 1. The molecule has 0 N–H and O–H groups in total. The summed E-state index contributed by atoms with van der Waals surface area (Å²) in [5.74, 6) is -1.11. The van der Waals surface area contributed by atoms with Gasteiger partial charge in [0.1, 0.15) is 11.3 Å². The number of hydrogen-bond donors (Lipinski definition) is 0. The fourth-order valence-corrected chi connectivity index (χ4v) is 5.64. The molecule has 1 atom stereocenters. The number of nitrogens with zero attached hydrogens (tertiary/aromatic N) is 1. The summed E-state index contributed by atoms with van der Waals surface area (Å²) < 4.78 is 28.5. The van der Waals surface area contributed by atoms with Gasteiger partial charge in [-0.05, 0) is 72.8 Å². The summed E-state index contributed by atoms with van der Waals surface area (Å²) >= 11 is 0. The van der Waals surface area contributed by atoms with Gasteiger partial charge in [-0.25, -0.2) is 9.59 Å². The molecule has 1 amide bonds. The van der Waals surface area contributed by atoms with E-state index in [2.05, 4.69) is 6.92 Å². The second-order valence-electron chi connectivity index (χ2n) is 12.8. The Labute approximate surface area is 247 Å². The molecule has 0 bridgehead atoms. The van der Waals surface area contributed by atoms with Crippen molar-refractivity contribution in [2.45, 2.75) is 148 Å². The van der Waals surface area contributed by atoms with Gasteiger partial charge in [-0.2, -0.15) is 0 Å². The van der Waals surface area contributed by atoms with Gasteiger partial charge in [0.25, 0.3) is 0 Å². The minimum Gasteiger partial charge on any atom is -0.467 e. The minimum atomic E-state index is -1.44. The highest BCUT2D eigenvalue weighted by Crippen LogP contribution is 2.40. The van der Waals surface area contributed by atoms with Crippen molar-refractivity contribution in [2.24, 2.45) is 0 Å². The molecule has 2 aliphatic heterocycles. The van der Waals surface area contributed by atoms with Gasteiger partial charge in [-0.3, -0.25) is 9.69 Å². The lowest BCUT2D eigenvalue weighted by Gasteiger charge is -2.40. The zero-order chi connectivity index (χ0) is 30.6. The molecule has 2 heterocycles. The third-order valence-corrected chi connectivity index (χ3v) is 7.76. The van der Waals surface area contributed by atoms with Gasteiger partial charge in [-0.15, -0.1) is 0 Å². The van der Waals surface area contributed by atoms with Gasteiger partial charge in [0.05, 0.1) is 26.9 Å². The number of ether oxygens (including phenoxy) is 5. The van der Waals surface area contributed by atoms with E-state index in [1.165, 1.54) is 31.3 Å². The second-order valence-corrected chi connectivity index (χ2v) is 12.8. The number of hydrogen-bond acceptors (Lipinski definition) is 8. The summed E-state index contributed by atoms with van der Waals surface area (Å²) in [5, 5.41) is 0. The molecule has 2 saturated heterocycles. The molecule has 0 unspecified atom stereocenters.